The Kier molecular flexibility index (Phi) is 9.74. The average molecular weight is 488 g/mol. The van der Waals surface area contributed by atoms with Crippen molar-refractivity contribution in [2.45, 2.75) is 52.1 Å². The molecule has 0 aliphatic carbocycles. The Bertz CT molecular complexity index is 1160. The Morgan fingerprint density at radius 3 is 2.28 bits per heavy atom. The zero-order chi connectivity index (χ0) is 25.9. The summed E-state index contributed by atoms with van der Waals surface area (Å²) in [6.45, 7) is 4.78. The number of aryl methyl sites for hydroxylation is 1. The second-order valence-corrected chi connectivity index (χ2v) is 8.92. The molecule has 0 aliphatic rings. The Hall–Kier alpha value is -4.00. The molecule has 188 valence electrons. The maximum Gasteiger partial charge on any atom is 0.273 e. The van der Waals surface area contributed by atoms with E-state index in [-0.39, 0.29) is 30.5 Å². The third-order valence-corrected chi connectivity index (χ3v) is 6.10. The van der Waals surface area contributed by atoms with E-state index in [1.165, 1.54) is 6.07 Å². The molecule has 0 heterocycles. The predicted molar refractivity (Wildman–Crippen MR) is 140 cm³/mol. The van der Waals surface area contributed by atoms with E-state index in [9.17, 15) is 19.7 Å². The molecule has 0 saturated heterocycles. The SMILES string of the molecule is CCCCNC(=O)[C@@H](Cc1ccccc1)N(Cc1ccc(C)cc1)C(=O)Cc1ccccc1[N+](=O)[O-]. The summed E-state index contributed by atoms with van der Waals surface area (Å²) in [6, 6.07) is 22.9. The van der Waals surface area contributed by atoms with Gasteiger partial charge in [-0.1, -0.05) is 91.7 Å². The summed E-state index contributed by atoms with van der Waals surface area (Å²) in [7, 11) is 0. The molecular weight excluding hydrogens is 454 g/mol. The van der Waals surface area contributed by atoms with Crippen molar-refractivity contribution in [2.24, 2.45) is 0 Å². The first-order valence-corrected chi connectivity index (χ1v) is 12.3. The second kappa shape index (κ2) is 13.2. The summed E-state index contributed by atoms with van der Waals surface area (Å²) < 4.78 is 0. The van der Waals surface area contributed by atoms with Gasteiger partial charge in [0.05, 0.1) is 11.3 Å². The third kappa shape index (κ3) is 7.50. The van der Waals surface area contributed by atoms with Gasteiger partial charge >= 0.3 is 0 Å². The van der Waals surface area contributed by atoms with E-state index in [1.54, 1.807) is 23.1 Å². The van der Waals surface area contributed by atoms with Crippen molar-refractivity contribution in [3.63, 3.8) is 0 Å². The van der Waals surface area contributed by atoms with Crippen molar-refractivity contribution >= 4 is 17.5 Å². The van der Waals surface area contributed by atoms with E-state index in [2.05, 4.69) is 5.32 Å². The van der Waals surface area contributed by atoms with Gasteiger partial charge in [-0.25, -0.2) is 0 Å². The normalized spacial score (nSPS) is 11.5. The van der Waals surface area contributed by atoms with E-state index in [4.69, 9.17) is 0 Å². The number of hydrogen-bond acceptors (Lipinski definition) is 4. The van der Waals surface area contributed by atoms with Gasteiger partial charge in [-0.15, -0.1) is 0 Å². The van der Waals surface area contributed by atoms with Gasteiger partial charge in [0.25, 0.3) is 5.69 Å². The molecule has 7 heteroatoms. The molecule has 0 fully saturated rings. The van der Waals surface area contributed by atoms with Crippen LogP contribution in [0, 0.1) is 17.0 Å². The number of amides is 2. The van der Waals surface area contributed by atoms with E-state index in [0.717, 1.165) is 29.5 Å². The number of nitrogens with zero attached hydrogens (tertiary/aromatic N) is 2. The molecule has 1 N–H and O–H groups in total. The van der Waals surface area contributed by atoms with Crippen LogP contribution in [0.25, 0.3) is 0 Å². The van der Waals surface area contributed by atoms with E-state index >= 15 is 0 Å². The summed E-state index contributed by atoms with van der Waals surface area (Å²) in [5, 5.41) is 14.5. The molecule has 1 atom stereocenters. The lowest BCUT2D eigenvalue weighted by atomic mass is 10.0. The summed E-state index contributed by atoms with van der Waals surface area (Å²) in [5.41, 5.74) is 3.13. The number of unbranched alkanes of at least 4 members (excludes halogenated alkanes) is 1. The van der Waals surface area contributed by atoms with Crippen LogP contribution in [0.3, 0.4) is 0 Å². The van der Waals surface area contributed by atoms with Crippen LogP contribution in [-0.2, 0) is 29.0 Å². The fourth-order valence-corrected chi connectivity index (χ4v) is 4.05. The highest BCUT2D eigenvalue weighted by atomic mass is 16.6. The van der Waals surface area contributed by atoms with Gasteiger partial charge in [0.15, 0.2) is 0 Å². The Balaban J connectivity index is 1.98. The number of para-hydroxylation sites is 1. The maximum atomic E-state index is 13.7. The molecule has 0 aliphatic heterocycles. The van der Waals surface area contributed by atoms with Crippen molar-refractivity contribution in [1.29, 1.82) is 0 Å². The quantitative estimate of drug-likeness (QED) is 0.221. The monoisotopic (exact) mass is 487 g/mol. The molecule has 2 amide bonds. The highest BCUT2D eigenvalue weighted by molar-refractivity contribution is 5.89. The van der Waals surface area contributed by atoms with Gasteiger partial charge in [-0.05, 0) is 24.5 Å². The van der Waals surface area contributed by atoms with Crippen LogP contribution in [0.15, 0.2) is 78.9 Å². The Morgan fingerprint density at radius 2 is 1.61 bits per heavy atom. The maximum absolute atomic E-state index is 13.7. The van der Waals surface area contributed by atoms with Crippen molar-refractivity contribution in [3.05, 3.63) is 111 Å². The molecule has 7 nitrogen and oxygen atoms in total. The predicted octanol–water partition coefficient (Wildman–Crippen LogP) is 5.00. The van der Waals surface area contributed by atoms with Gasteiger partial charge in [0.1, 0.15) is 6.04 Å². The van der Waals surface area contributed by atoms with E-state index in [1.807, 2.05) is 68.4 Å². The van der Waals surface area contributed by atoms with E-state index in [0.29, 0.717) is 18.5 Å². The minimum atomic E-state index is -0.763. The summed E-state index contributed by atoms with van der Waals surface area (Å²) in [5.74, 6) is -0.563. The molecule has 0 radical (unpaired) electrons. The molecule has 3 rings (SSSR count). The smallest absolute Gasteiger partial charge is 0.273 e. The van der Waals surface area contributed by atoms with Gasteiger partial charge < -0.3 is 10.2 Å². The highest BCUT2D eigenvalue weighted by Gasteiger charge is 2.31. The Morgan fingerprint density at radius 1 is 0.944 bits per heavy atom. The molecule has 36 heavy (non-hydrogen) atoms. The zero-order valence-electron chi connectivity index (χ0n) is 20.9. The van der Waals surface area contributed by atoms with Crippen molar-refractivity contribution < 1.29 is 14.5 Å². The minimum Gasteiger partial charge on any atom is -0.354 e. The number of hydrogen-bond donors (Lipinski definition) is 1. The lowest BCUT2D eigenvalue weighted by Gasteiger charge is -2.31. The summed E-state index contributed by atoms with van der Waals surface area (Å²) >= 11 is 0. The molecule has 0 bridgehead atoms. The van der Waals surface area contributed by atoms with Crippen molar-refractivity contribution in [3.8, 4) is 0 Å². The van der Waals surface area contributed by atoms with Crippen LogP contribution in [0.4, 0.5) is 5.69 Å². The highest BCUT2D eigenvalue weighted by Crippen LogP contribution is 2.22. The van der Waals surface area contributed by atoms with Crippen molar-refractivity contribution in [2.75, 3.05) is 6.54 Å². The van der Waals surface area contributed by atoms with Gasteiger partial charge in [-0.2, -0.15) is 0 Å². The van der Waals surface area contributed by atoms with Crippen LogP contribution in [0.1, 0.15) is 42.0 Å². The number of rotatable bonds is 12. The Labute approximate surface area is 212 Å². The fourth-order valence-electron chi connectivity index (χ4n) is 4.05. The number of nitro groups is 1. The first kappa shape index (κ1) is 26.6. The minimum absolute atomic E-state index is 0.104. The molecular formula is C29H33N3O4. The number of nitro benzene ring substituents is 1. The van der Waals surface area contributed by atoms with Crippen LogP contribution >= 0.6 is 0 Å². The van der Waals surface area contributed by atoms with Gasteiger partial charge in [0.2, 0.25) is 11.8 Å². The number of benzene rings is 3. The van der Waals surface area contributed by atoms with E-state index < -0.39 is 11.0 Å². The number of nitrogens with one attached hydrogen (secondary N) is 1. The molecule has 0 saturated carbocycles. The molecule has 0 spiro atoms. The van der Waals surface area contributed by atoms with Crippen LogP contribution in [-0.4, -0.2) is 34.2 Å². The molecule has 0 unspecified atom stereocenters. The summed E-state index contributed by atoms with van der Waals surface area (Å²) in [6.07, 6.45) is 1.95. The third-order valence-electron chi connectivity index (χ3n) is 6.10. The topological polar surface area (TPSA) is 92.6 Å². The van der Waals surface area contributed by atoms with Gasteiger partial charge in [0, 0.05) is 31.1 Å². The first-order valence-electron chi connectivity index (χ1n) is 12.3. The van der Waals surface area contributed by atoms with Gasteiger partial charge in [-0.3, -0.25) is 19.7 Å². The number of carbonyl (C=O) groups is 2. The molecule has 3 aromatic carbocycles. The van der Waals surface area contributed by atoms with Crippen LogP contribution in [0.2, 0.25) is 0 Å². The molecule has 3 aromatic rings. The lowest BCUT2D eigenvalue weighted by molar-refractivity contribution is -0.385. The molecule has 0 aromatic heterocycles. The van der Waals surface area contributed by atoms with Crippen LogP contribution in [0.5, 0.6) is 0 Å². The lowest BCUT2D eigenvalue weighted by Crippen LogP contribution is -2.51. The second-order valence-electron chi connectivity index (χ2n) is 8.92. The zero-order valence-corrected chi connectivity index (χ0v) is 20.9. The fraction of sp³-hybridized carbons (Fsp3) is 0.310. The standard InChI is InChI=1S/C29H33N3O4/c1-3-4-18-30-29(34)27(19-23-10-6-5-7-11-23)31(21-24-16-14-22(2)15-17-24)28(33)20-25-12-8-9-13-26(25)32(35)36/h5-17,27H,3-4,18-21H2,1-2H3,(H,30,34)/t27-/m1/s1. The summed E-state index contributed by atoms with van der Waals surface area (Å²) in [4.78, 5) is 39.8. The van der Waals surface area contributed by atoms with Crippen LogP contribution < -0.4 is 5.32 Å². The first-order chi connectivity index (χ1) is 17.4. The average Bonchev–Trinajstić information content (AvgIpc) is 2.88. The largest absolute Gasteiger partial charge is 0.354 e. The number of carbonyl (C=O) groups excluding carboxylic acids is 2. The van der Waals surface area contributed by atoms with Crippen molar-refractivity contribution in [1.82, 2.24) is 10.2 Å².